The number of carbonyl (C=O) groups is 1. The Kier molecular flexibility index (Phi) is 3.53. The summed E-state index contributed by atoms with van der Waals surface area (Å²) in [5.41, 5.74) is 0.816. The van der Waals surface area contributed by atoms with Crippen LogP contribution in [0.3, 0.4) is 0 Å². The quantitative estimate of drug-likeness (QED) is 0.933. The molecule has 1 amide bonds. The van der Waals surface area contributed by atoms with Gasteiger partial charge in [0.15, 0.2) is 0 Å². The molecule has 1 aliphatic heterocycles. The molecule has 0 unspecified atom stereocenters. The van der Waals surface area contributed by atoms with Crippen molar-refractivity contribution in [2.75, 3.05) is 26.7 Å². The molecule has 2 aromatic rings. The van der Waals surface area contributed by atoms with Crippen LogP contribution in [-0.4, -0.2) is 37.5 Å². The van der Waals surface area contributed by atoms with Gasteiger partial charge in [-0.25, -0.2) is 0 Å². The fourth-order valence-corrected chi connectivity index (χ4v) is 3.53. The number of hydrogen-bond acceptors (Lipinski definition) is 3. The minimum absolute atomic E-state index is 0.173. The summed E-state index contributed by atoms with van der Waals surface area (Å²) in [7, 11) is 1.97. The average Bonchev–Trinajstić information content (AvgIpc) is 3.05. The second-order valence-electron chi connectivity index (χ2n) is 5.14. The lowest BCUT2D eigenvalue weighted by Gasteiger charge is -2.16. The van der Waals surface area contributed by atoms with E-state index in [0.29, 0.717) is 5.92 Å². The highest BCUT2D eigenvalue weighted by molar-refractivity contribution is 7.17. The molecule has 1 aromatic carbocycles. The smallest absolute Gasteiger partial charge is 0.253 e. The van der Waals surface area contributed by atoms with Crippen LogP contribution in [0.2, 0.25) is 0 Å². The lowest BCUT2D eigenvalue weighted by molar-refractivity contribution is 0.0787. The topological polar surface area (TPSA) is 32.3 Å². The first-order valence-corrected chi connectivity index (χ1v) is 7.57. The monoisotopic (exact) mass is 274 g/mol. The summed E-state index contributed by atoms with van der Waals surface area (Å²) in [4.78, 5) is 14.5. The van der Waals surface area contributed by atoms with Gasteiger partial charge in [-0.05, 0) is 61.0 Å². The van der Waals surface area contributed by atoms with Gasteiger partial charge in [0.2, 0.25) is 0 Å². The summed E-state index contributed by atoms with van der Waals surface area (Å²) in [6, 6.07) is 8.09. The van der Waals surface area contributed by atoms with E-state index >= 15 is 0 Å². The lowest BCUT2D eigenvalue weighted by atomic mass is 10.1. The molecule has 1 N–H and O–H groups in total. The molecule has 4 heteroatoms. The third-order valence-corrected chi connectivity index (χ3v) is 4.66. The van der Waals surface area contributed by atoms with Crippen molar-refractivity contribution in [1.29, 1.82) is 0 Å². The Bertz CT molecular complexity index is 593. The highest BCUT2D eigenvalue weighted by Crippen LogP contribution is 2.24. The Hall–Kier alpha value is -1.39. The zero-order valence-electron chi connectivity index (χ0n) is 11.1. The Morgan fingerprint density at radius 1 is 1.47 bits per heavy atom. The summed E-state index contributed by atoms with van der Waals surface area (Å²) < 4.78 is 1.24. The molecule has 2 heterocycles. The highest BCUT2D eigenvalue weighted by atomic mass is 32.1. The largest absolute Gasteiger partial charge is 0.338 e. The van der Waals surface area contributed by atoms with E-state index in [1.807, 2.05) is 30.1 Å². The lowest BCUT2D eigenvalue weighted by Crippen LogP contribution is -2.30. The molecule has 1 atom stereocenters. The standard InChI is InChI=1S/C15H18N2OS/c1-16-9-11-4-6-17(10-11)15(18)13-2-3-14-12(8-13)5-7-19-14/h2-3,5,7-8,11,16H,4,6,9-10H2,1H3/t11-/m0/s1. The summed E-state index contributed by atoms with van der Waals surface area (Å²) in [6.45, 7) is 2.75. The van der Waals surface area contributed by atoms with Gasteiger partial charge in [-0.1, -0.05) is 0 Å². The predicted molar refractivity (Wildman–Crippen MR) is 79.8 cm³/mol. The second-order valence-corrected chi connectivity index (χ2v) is 6.08. The first-order valence-electron chi connectivity index (χ1n) is 6.69. The van der Waals surface area contributed by atoms with Crippen LogP contribution >= 0.6 is 11.3 Å². The molecule has 0 bridgehead atoms. The van der Waals surface area contributed by atoms with Crippen LogP contribution in [0.4, 0.5) is 0 Å². The molecule has 1 aromatic heterocycles. The van der Waals surface area contributed by atoms with E-state index < -0.39 is 0 Å². The van der Waals surface area contributed by atoms with E-state index in [4.69, 9.17) is 0 Å². The van der Waals surface area contributed by atoms with Gasteiger partial charge in [0.25, 0.3) is 5.91 Å². The molecule has 0 aliphatic carbocycles. The van der Waals surface area contributed by atoms with E-state index in [1.54, 1.807) is 11.3 Å². The number of likely N-dealkylation sites (tertiary alicyclic amines) is 1. The number of benzene rings is 1. The molecule has 1 aliphatic rings. The summed E-state index contributed by atoms with van der Waals surface area (Å²) >= 11 is 1.71. The molecule has 0 spiro atoms. The first kappa shape index (κ1) is 12.6. The summed E-state index contributed by atoms with van der Waals surface area (Å²) in [6.07, 6.45) is 1.10. The minimum atomic E-state index is 0.173. The number of hydrogen-bond donors (Lipinski definition) is 1. The van der Waals surface area contributed by atoms with Crippen molar-refractivity contribution < 1.29 is 4.79 Å². The van der Waals surface area contributed by atoms with Gasteiger partial charge in [-0.2, -0.15) is 0 Å². The Balaban J connectivity index is 1.76. The summed E-state index contributed by atoms with van der Waals surface area (Å²) in [5.74, 6) is 0.769. The molecular weight excluding hydrogens is 256 g/mol. The van der Waals surface area contributed by atoms with Crippen molar-refractivity contribution in [3.63, 3.8) is 0 Å². The van der Waals surface area contributed by atoms with Crippen LogP contribution in [-0.2, 0) is 0 Å². The van der Waals surface area contributed by atoms with Gasteiger partial charge >= 0.3 is 0 Å². The molecule has 3 nitrogen and oxygen atoms in total. The van der Waals surface area contributed by atoms with Gasteiger partial charge < -0.3 is 10.2 Å². The van der Waals surface area contributed by atoms with Crippen molar-refractivity contribution in [3.8, 4) is 0 Å². The third kappa shape index (κ3) is 2.51. The number of fused-ring (bicyclic) bond motifs is 1. The maximum atomic E-state index is 12.5. The van der Waals surface area contributed by atoms with E-state index in [0.717, 1.165) is 31.6 Å². The molecule has 0 saturated carbocycles. The number of nitrogens with zero attached hydrogens (tertiary/aromatic N) is 1. The van der Waals surface area contributed by atoms with Gasteiger partial charge in [-0.3, -0.25) is 4.79 Å². The first-order chi connectivity index (χ1) is 9.28. The van der Waals surface area contributed by atoms with E-state index in [9.17, 15) is 4.79 Å². The van der Waals surface area contributed by atoms with Crippen molar-refractivity contribution in [3.05, 3.63) is 35.2 Å². The number of thiophene rings is 1. The second kappa shape index (κ2) is 5.31. The zero-order valence-corrected chi connectivity index (χ0v) is 11.9. The van der Waals surface area contributed by atoms with Crippen molar-refractivity contribution in [1.82, 2.24) is 10.2 Å². The van der Waals surface area contributed by atoms with Crippen LogP contribution in [0.5, 0.6) is 0 Å². The minimum Gasteiger partial charge on any atom is -0.338 e. The molecule has 1 fully saturated rings. The normalized spacial score (nSPS) is 19.2. The van der Waals surface area contributed by atoms with Crippen LogP contribution in [0.25, 0.3) is 10.1 Å². The van der Waals surface area contributed by atoms with Gasteiger partial charge in [-0.15, -0.1) is 11.3 Å². The van der Waals surface area contributed by atoms with Crippen molar-refractivity contribution >= 4 is 27.3 Å². The van der Waals surface area contributed by atoms with Gasteiger partial charge in [0.05, 0.1) is 0 Å². The molecule has 1 saturated heterocycles. The highest BCUT2D eigenvalue weighted by Gasteiger charge is 2.26. The number of amides is 1. The molecule has 100 valence electrons. The maximum absolute atomic E-state index is 12.5. The average molecular weight is 274 g/mol. The molecule has 0 radical (unpaired) electrons. The third-order valence-electron chi connectivity index (χ3n) is 3.77. The van der Waals surface area contributed by atoms with Crippen LogP contribution < -0.4 is 5.32 Å². The number of carbonyl (C=O) groups excluding carboxylic acids is 1. The van der Waals surface area contributed by atoms with Gasteiger partial charge in [0, 0.05) is 23.4 Å². The Morgan fingerprint density at radius 2 is 2.37 bits per heavy atom. The van der Waals surface area contributed by atoms with Crippen LogP contribution in [0.15, 0.2) is 29.6 Å². The Morgan fingerprint density at radius 3 is 3.21 bits per heavy atom. The fourth-order valence-electron chi connectivity index (χ4n) is 2.75. The number of nitrogens with one attached hydrogen (secondary N) is 1. The van der Waals surface area contributed by atoms with Crippen LogP contribution in [0.1, 0.15) is 16.8 Å². The van der Waals surface area contributed by atoms with E-state index in [2.05, 4.69) is 16.8 Å². The van der Waals surface area contributed by atoms with Crippen LogP contribution in [0, 0.1) is 5.92 Å². The molecule has 3 rings (SSSR count). The van der Waals surface area contributed by atoms with Crippen molar-refractivity contribution in [2.24, 2.45) is 5.92 Å². The summed E-state index contributed by atoms with van der Waals surface area (Å²) in [5, 5.41) is 6.43. The fraction of sp³-hybridized carbons (Fsp3) is 0.400. The number of rotatable bonds is 3. The molecular formula is C15H18N2OS. The molecule has 19 heavy (non-hydrogen) atoms. The van der Waals surface area contributed by atoms with E-state index in [1.165, 1.54) is 10.1 Å². The maximum Gasteiger partial charge on any atom is 0.253 e. The van der Waals surface area contributed by atoms with Gasteiger partial charge in [0.1, 0.15) is 0 Å². The predicted octanol–water partition coefficient (Wildman–Crippen LogP) is 2.58. The zero-order chi connectivity index (χ0) is 13.2. The Labute approximate surface area is 117 Å². The van der Waals surface area contributed by atoms with Crippen molar-refractivity contribution in [2.45, 2.75) is 6.42 Å². The van der Waals surface area contributed by atoms with E-state index in [-0.39, 0.29) is 5.91 Å². The SMILES string of the molecule is CNC[C@@H]1CCN(C(=O)c2ccc3sccc3c2)C1.